The molecule has 2 atom stereocenters. The third-order valence-corrected chi connectivity index (χ3v) is 7.96. The van der Waals surface area contributed by atoms with E-state index in [0.717, 1.165) is 42.3 Å². The molecule has 2 aliphatic heterocycles. The Hall–Kier alpha value is -3.82. The molecule has 2 aliphatic rings. The fourth-order valence-electron chi connectivity index (χ4n) is 5.84. The first-order valence-electron chi connectivity index (χ1n) is 13.2. The van der Waals surface area contributed by atoms with Gasteiger partial charge in [-0.05, 0) is 29.9 Å². The van der Waals surface area contributed by atoms with E-state index in [1.165, 1.54) is 0 Å². The van der Waals surface area contributed by atoms with E-state index in [1.807, 2.05) is 43.6 Å². The molecule has 39 heavy (non-hydrogen) atoms. The van der Waals surface area contributed by atoms with Crippen molar-refractivity contribution in [1.82, 2.24) is 30.0 Å². The SMILES string of the molecule is Cn1cc(CCOc2nc(N3C[C@H]4CC[C@@H](C3)N4)c3cnc(-c4cccc5cccc(Cl)c45)c(F)c3n2)cn1. The molecule has 0 unspecified atom stereocenters. The molecule has 7 rings (SSSR count). The Kier molecular flexibility index (Phi) is 6.05. The number of benzene rings is 2. The van der Waals surface area contributed by atoms with Crippen LogP contribution in [0.1, 0.15) is 18.4 Å². The Morgan fingerprint density at radius 1 is 1.08 bits per heavy atom. The number of rotatable bonds is 6. The number of fused-ring (bicyclic) bond motifs is 4. The van der Waals surface area contributed by atoms with Crippen molar-refractivity contribution < 1.29 is 9.13 Å². The first-order chi connectivity index (χ1) is 19.0. The second kappa shape index (κ2) is 9.73. The molecule has 5 heterocycles. The summed E-state index contributed by atoms with van der Waals surface area (Å²) in [6.07, 6.45) is 8.32. The highest BCUT2D eigenvalue weighted by Crippen LogP contribution is 2.38. The molecule has 3 aromatic heterocycles. The van der Waals surface area contributed by atoms with Crippen molar-refractivity contribution in [3.8, 4) is 17.3 Å². The van der Waals surface area contributed by atoms with Crippen LogP contribution < -0.4 is 15.0 Å². The van der Waals surface area contributed by atoms with E-state index in [4.69, 9.17) is 21.3 Å². The quantitative estimate of drug-likeness (QED) is 0.325. The Morgan fingerprint density at radius 2 is 1.87 bits per heavy atom. The third kappa shape index (κ3) is 4.45. The van der Waals surface area contributed by atoms with E-state index >= 15 is 4.39 Å². The number of hydrogen-bond acceptors (Lipinski definition) is 7. The molecule has 0 saturated carbocycles. The number of ether oxygens (including phenoxy) is 1. The van der Waals surface area contributed by atoms with E-state index in [0.29, 0.717) is 46.9 Å². The number of pyridine rings is 1. The number of piperazine rings is 1. The average Bonchev–Trinajstić information content (AvgIpc) is 3.51. The van der Waals surface area contributed by atoms with E-state index in [-0.39, 0.29) is 17.2 Å². The lowest BCUT2D eigenvalue weighted by atomic mass is 10.0. The minimum atomic E-state index is -0.515. The van der Waals surface area contributed by atoms with Crippen LogP contribution in [0.2, 0.25) is 5.02 Å². The summed E-state index contributed by atoms with van der Waals surface area (Å²) in [6.45, 7) is 1.93. The van der Waals surface area contributed by atoms with Crippen LogP contribution in [-0.4, -0.2) is 56.5 Å². The Bertz CT molecular complexity index is 1690. The van der Waals surface area contributed by atoms with E-state index in [1.54, 1.807) is 23.1 Å². The fourth-order valence-corrected chi connectivity index (χ4v) is 6.12. The highest BCUT2D eigenvalue weighted by atomic mass is 35.5. The largest absolute Gasteiger partial charge is 0.463 e. The summed E-state index contributed by atoms with van der Waals surface area (Å²) >= 11 is 6.56. The van der Waals surface area contributed by atoms with Crippen molar-refractivity contribution in [1.29, 1.82) is 0 Å². The van der Waals surface area contributed by atoms with Crippen molar-refractivity contribution in [3.63, 3.8) is 0 Å². The van der Waals surface area contributed by atoms with Crippen molar-refractivity contribution in [2.24, 2.45) is 7.05 Å². The molecule has 0 amide bonds. The van der Waals surface area contributed by atoms with Gasteiger partial charge in [-0.15, -0.1) is 0 Å². The van der Waals surface area contributed by atoms with Crippen LogP contribution >= 0.6 is 11.6 Å². The fraction of sp³-hybridized carbons (Fsp3) is 0.310. The predicted molar refractivity (Wildman–Crippen MR) is 150 cm³/mol. The number of hydrogen-bond donors (Lipinski definition) is 1. The van der Waals surface area contributed by atoms with Gasteiger partial charge in [0.05, 0.1) is 18.2 Å². The second-order valence-electron chi connectivity index (χ2n) is 10.3. The number of halogens is 2. The van der Waals surface area contributed by atoms with Gasteiger partial charge in [0.2, 0.25) is 0 Å². The summed E-state index contributed by atoms with van der Waals surface area (Å²) in [6, 6.07) is 12.2. The lowest BCUT2D eigenvalue weighted by Crippen LogP contribution is -2.51. The van der Waals surface area contributed by atoms with Crippen LogP contribution in [-0.2, 0) is 13.5 Å². The predicted octanol–water partition coefficient (Wildman–Crippen LogP) is 4.93. The number of anilines is 1. The highest BCUT2D eigenvalue weighted by molar-refractivity contribution is 6.36. The van der Waals surface area contributed by atoms with Crippen LogP contribution in [0.3, 0.4) is 0 Å². The van der Waals surface area contributed by atoms with Crippen LogP contribution in [0.25, 0.3) is 32.9 Å². The minimum Gasteiger partial charge on any atom is -0.463 e. The van der Waals surface area contributed by atoms with Crippen molar-refractivity contribution in [3.05, 3.63) is 71.4 Å². The van der Waals surface area contributed by atoms with Gasteiger partial charge < -0.3 is 15.0 Å². The molecule has 0 spiro atoms. The smallest absolute Gasteiger partial charge is 0.319 e. The van der Waals surface area contributed by atoms with Gasteiger partial charge in [-0.25, -0.2) is 4.39 Å². The van der Waals surface area contributed by atoms with Crippen LogP contribution in [0.4, 0.5) is 10.2 Å². The molecule has 2 bridgehead atoms. The zero-order chi connectivity index (χ0) is 26.5. The molecule has 2 aromatic carbocycles. The summed E-state index contributed by atoms with van der Waals surface area (Å²) in [4.78, 5) is 16.2. The van der Waals surface area contributed by atoms with Gasteiger partial charge in [-0.1, -0.05) is 41.9 Å². The standard InChI is InChI=1S/C29H27ClFN7O/c1-37-14-17(12-33-37)10-11-39-29-35-27-22(28(36-29)38-15-19-8-9-20(16-38)34-19)13-32-26(25(27)31)21-6-2-4-18-5-3-7-23(30)24(18)21/h2-7,12-14,19-20,34H,8-11,15-16H2,1H3/t19-,20+. The van der Waals surface area contributed by atoms with Crippen LogP contribution in [0, 0.1) is 5.82 Å². The monoisotopic (exact) mass is 543 g/mol. The van der Waals surface area contributed by atoms with Gasteiger partial charge in [0.15, 0.2) is 5.82 Å². The molecule has 1 N–H and O–H groups in total. The first kappa shape index (κ1) is 24.2. The molecule has 0 aliphatic carbocycles. The summed E-state index contributed by atoms with van der Waals surface area (Å²) in [5.74, 6) is 0.141. The number of aryl methyl sites for hydroxylation is 1. The van der Waals surface area contributed by atoms with Crippen LogP contribution in [0.5, 0.6) is 6.01 Å². The van der Waals surface area contributed by atoms with Crippen molar-refractivity contribution >= 4 is 39.1 Å². The second-order valence-corrected chi connectivity index (χ2v) is 10.7. The van der Waals surface area contributed by atoms with Crippen LogP contribution in [0.15, 0.2) is 55.0 Å². The van der Waals surface area contributed by atoms with Gasteiger partial charge in [0, 0.05) is 67.0 Å². The maximum Gasteiger partial charge on any atom is 0.319 e. The normalized spacial score (nSPS) is 18.8. The number of aromatic nitrogens is 5. The first-order valence-corrected chi connectivity index (χ1v) is 13.6. The Morgan fingerprint density at radius 3 is 2.64 bits per heavy atom. The minimum absolute atomic E-state index is 0.152. The van der Waals surface area contributed by atoms with Gasteiger partial charge in [-0.3, -0.25) is 9.67 Å². The van der Waals surface area contributed by atoms with E-state index in [2.05, 4.69) is 25.3 Å². The maximum absolute atomic E-state index is 16.4. The third-order valence-electron chi connectivity index (χ3n) is 7.65. The molecule has 8 nitrogen and oxygen atoms in total. The summed E-state index contributed by atoms with van der Waals surface area (Å²) < 4.78 is 24.2. The summed E-state index contributed by atoms with van der Waals surface area (Å²) in [5, 5.41) is 10.6. The lowest BCUT2D eigenvalue weighted by Gasteiger charge is -2.34. The van der Waals surface area contributed by atoms with Gasteiger partial charge in [0.25, 0.3) is 0 Å². The topological polar surface area (TPSA) is 81.0 Å². The molecular formula is C29H27ClFN7O. The average molecular weight is 544 g/mol. The summed E-state index contributed by atoms with van der Waals surface area (Å²) in [5.41, 5.74) is 2.06. The Labute approximate surface area is 229 Å². The molecule has 5 aromatic rings. The van der Waals surface area contributed by atoms with Gasteiger partial charge in [-0.2, -0.15) is 15.1 Å². The van der Waals surface area contributed by atoms with Gasteiger partial charge in [0.1, 0.15) is 17.0 Å². The summed E-state index contributed by atoms with van der Waals surface area (Å²) in [7, 11) is 1.88. The lowest BCUT2D eigenvalue weighted by molar-refractivity contribution is 0.297. The van der Waals surface area contributed by atoms with E-state index < -0.39 is 5.82 Å². The Balaban J connectivity index is 1.33. The highest BCUT2D eigenvalue weighted by Gasteiger charge is 2.34. The molecular weight excluding hydrogens is 517 g/mol. The van der Waals surface area contributed by atoms with Crippen molar-refractivity contribution in [2.75, 3.05) is 24.6 Å². The molecule has 198 valence electrons. The molecule has 2 fully saturated rings. The number of nitrogens with one attached hydrogen (secondary N) is 1. The zero-order valence-electron chi connectivity index (χ0n) is 21.4. The zero-order valence-corrected chi connectivity index (χ0v) is 22.2. The molecule has 2 saturated heterocycles. The molecule has 0 radical (unpaired) electrons. The number of nitrogens with zero attached hydrogens (tertiary/aromatic N) is 6. The van der Waals surface area contributed by atoms with Gasteiger partial charge >= 0.3 is 6.01 Å². The van der Waals surface area contributed by atoms with Crippen molar-refractivity contribution in [2.45, 2.75) is 31.3 Å². The molecule has 10 heteroatoms. The van der Waals surface area contributed by atoms with E-state index in [9.17, 15) is 0 Å². The maximum atomic E-state index is 16.4.